The summed E-state index contributed by atoms with van der Waals surface area (Å²) in [6, 6.07) is 13.6. The Morgan fingerprint density at radius 2 is 1.69 bits per heavy atom. The van der Waals surface area contributed by atoms with Gasteiger partial charge in [0, 0.05) is 33.2 Å². The fourth-order valence-electron chi connectivity index (χ4n) is 4.64. The number of aliphatic hydroxyl groups is 1. The highest BCUT2D eigenvalue weighted by Crippen LogP contribution is 2.47. The van der Waals surface area contributed by atoms with Crippen LogP contribution in [-0.4, -0.2) is 38.5 Å². The first kappa shape index (κ1) is 24.1. The van der Waals surface area contributed by atoms with Gasteiger partial charge in [0.2, 0.25) is 11.8 Å². The van der Waals surface area contributed by atoms with Gasteiger partial charge >= 0.3 is 0 Å². The number of carbonyl (C=O) groups excluding carboxylic acids is 2. The van der Waals surface area contributed by atoms with E-state index in [2.05, 4.69) is 0 Å². The number of pyridine rings is 1. The maximum atomic E-state index is 12.7. The molecule has 1 saturated heterocycles. The van der Waals surface area contributed by atoms with E-state index in [0.29, 0.717) is 44.2 Å². The maximum Gasteiger partial charge on any atom is 0.259 e. The number of ether oxygens (including phenoxy) is 1. The van der Waals surface area contributed by atoms with Crippen LogP contribution in [0.25, 0.3) is 22.4 Å². The number of fused-ring (bicyclic) bond motifs is 1. The Morgan fingerprint density at radius 1 is 1.00 bits per heavy atom. The zero-order valence-electron chi connectivity index (χ0n) is 18.9. The molecule has 0 bridgehead atoms. The van der Waals surface area contributed by atoms with Gasteiger partial charge in [-0.2, -0.15) is 0 Å². The maximum absolute atomic E-state index is 12.7. The Hall–Kier alpha value is -2.64. The number of aromatic nitrogens is 1. The summed E-state index contributed by atoms with van der Waals surface area (Å²) in [5.41, 5.74) is 2.60. The number of aliphatic hydroxyl groups excluding tert-OH is 1. The molecule has 0 saturated carbocycles. The number of likely N-dealkylation sites (tertiary alicyclic amines) is 1. The van der Waals surface area contributed by atoms with Crippen molar-refractivity contribution in [3.63, 3.8) is 0 Å². The molecule has 1 fully saturated rings. The van der Waals surface area contributed by atoms with Crippen molar-refractivity contribution in [2.75, 3.05) is 0 Å². The van der Waals surface area contributed by atoms with Crippen molar-refractivity contribution >= 4 is 46.6 Å². The monoisotopic (exact) mass is 530 g/mol. The number of hydrogen-bond acceptors (Lipinski definition) is 5. The normalized spacial score (nSPS) is 21.1. The SMILES string of the molecule is CC1(C)CC(N2C(=O)C[C@H](O)C2=O)c2cc(-c3ccc(Cl)cc3)c(-c3ccc(Cl)cc3Cl)nc2O1. The first-order chi connectivity index (χ1) is 16.5. The molecule has 180 valence electrons. The van der Waals surface area contributed by atoms with Gasteiger partial charge in [0.15, 0.2) is 0 Å². The molecule has 5 rings (SSSR count). The molecule has 2 aliphatic rings. The lowest BCUT2D eigenvalue weighted by molar-refractivity contribution is -0.145. The van der Waals surface area contributed by atoms with Crippen LogP contribution < -0.4 is 4.74 Å². The molecule has 3 aromatic rings. The second-order valence-corrected chi connectivity index (χ2v) is 10.6. The number of nitrogens with zero attached hydrogens (tertiary/aromatic N) is 2. The van der Waals surface area contributed by atoms with Crippen LogP contribution in [0.3, 0.4) is 0 Å². The third kappa shape index (κ3) is 4.40. The Labute approximate surface area is 217 Å². The topological polar surface area (TPSA) is 79.7 Å². The van der Waals surface area contributed by atoms with E-state index in [0.717, 1.165) is 16.0 Å². The number of benzene rings is 2. The summed E-state index contributed by atoms with van der Waals surface area (Å²) < 4.78 is 6.23. The van der Waals surface area contributed by atoms with Crippen molar-refractivity contribution in [3.05, 3.63) is 69.2 Å². The van der Waals surface area contributed by atoms with Gasteiger partial charge in [-0.15, -0.1) is 0 Å². The minimum Gasteiger partial charge on any atom is -0.471 e. The molecule has 0 aliphatic carbocycles. The van der Waals surface area contributed by atoms with Gasteiger partial charge < -0.3 is 9.84 Å². The van der Waals surface area contributed by atoms with Crippen LogP contribution in [0.1, 0.15) is 38.3 Å². The third-order valence-corrected chi connectivity index (χ3v) is 7.04. The fourth-order valence-corrected chi connectivity index (χ4v) is 5.26. The Kier molecular flexibility index (Phi) is 6.04. The third-order valence-electron chi connectivity index (χ3n) is 6.24. The summed E-state index contributed by atoms with van der Waals surface area (Å²) in [5, 5.41) is 11.5. The highest BCUT2D eigenvalue weighted by Gasteiger charge is 2.47. The molecule has 0 radical (unpaired) electrons. The average Bonchev–Trinajstić information content (AvgIpc) is 3.03. The highest BCUT2D eigenvalue weighted by molar-refractivity contribution is 6.36. The molecule has 2 aliphatic heterocycles. The molecule has 2 atom stereocenters. The first-order valence-corrected chi connectivity index (χ1v) is 12.2. The molecule has 6 nitrogen and oxygen atoms in total. The second-order valence-electron chi connectivity index (χ2n) is 9.31. The number of hydrogen-bond donors (Lipinski definition) is 1. The summed E-state index contributed by atoms with van der Waals surface area (Å²) in [4.78, 5) is 31.5. The highest BCUT2D eigenvalue weighted by atomic mass is 35.5. The lowest BCUT2D eigenvalue weighted by atomic mass is 9.87. The van der Waals surface area contributed by atoms with Gasteiger partial charge in [0.1, 0.15) is 11.7 Å². The van der Waals surface area contributed by atoms with Crippen LogP contribution in [-0.2, 0) is 9.59 Å². The molecule has 1 unspecified atom stereocenters. The van der Waals surface area contributed by atoms with Crippen molar-refractivity contribution < 1.29 is 19.4 Å². The number of halogens is 3. The van der Waals surface area contributed by atoms with Crippen LogP contribution in [0, 0.1) is 0 Å². The average molecular weight is 532 g/mol. The van der Waals surface area contributed by atoms with Gasteiger partial charge in [-0.1, -0.05) is 46.9 Å². The molecule has 2 aromatic carbocycles. The van der Waals surface area contributed by atoms with Crippen molar-refractivity contribution in [3.8, 4) is 28.3 Å². The Balaban J connectivity index is 1.76. The largest absolute Gasteiger partial charge is 0.471 e. The number of rotatable bonds is 3. The van der Waals surface area contributed by atoms with Gasteiger partial charge in [-0.25, -0.2) is 4.98 Å². The predicted molar refractivity (Wildman–Crippen MR) is 135 cm³/mol. The number of amides is 2. The Bertz CT molecular complexity index is 1360. The van der Waals surface area contributed by atoms with E-state index >= 15 is 0 Å². The van der Waals surface area contributed by atoms with Crippen LogP contribution >= 0.6 is 34.8 Å². The van der Waals surface area contributed by atoms with E-state index in [4.69, 9.17) is 44.5 Å². The smallest absolute Gasteiger partial charge is 0.259 e. The fraction of sp³-hybridized carbons (Fsp3) is 0.269. The summed E-state index contributed by atoms with van der Waals surface area (Å²) in [6.07, 6.45) is -1.22. The van der Waals surface area contributed by atoms with E-state index in [1.54, 1.807) is 30.3 Å². The van der Waals surface area contributed by atoms with Crippen molar-refractivity contribution in [1.29, 1.82) is 0 Å². The molecule has 3 heterocycles. The molecule has 2 amide bonds. The summed E-state index contributed by atoms with van der Waals surface area (Å²) >= 11 is 18.8. The van der Waals surface area contributed by atoms with E-state index in [1.807, 2.05) is 32.0 Å². The molecule has 9 heteroatoms. The van der Waals surface area contributed by atoms with E-state index < -0.39 is 29.6 Å². The molecule has 0 spiro atoms. The summed E-state index contributed by atoms with van der Waals surface area (Å²) in [6.45, 7) is 3.74. The molecular formula is C26H21Cl3N2O4. The van der Waals surface area contributed by atoms with Gasteiger partial charge in [0.25, 0.3) is 5.91 Å². The van der Waals surface area contributed by atoms with Crippen LogP contribution in [0.4, 0.5) is 0 Å². The summed E-state index contributed by atoms with van der Waals surface area (Å²) in [5.74, 6) is -0.734. The number of carbonyl (C=O) groups is 2. The minimum absolute atomic E-state index is 0.234. The quantitative estimate of drug-likeness (QED) is 0.413. The summed E-state index contributed by atoms with van der Waals surface area (Å²) in [7, 11) is 0. The van der Waals surface area contributed by atoms with Crippen molar-refractivity contribution in [2.24, 2.45) is 0 Å². The lowest BCUT2D eigenvalue weighted by Crippen LogP contribution is -2.44. The van der Waals surface area contributed by atoms with Gasteiger partial charge in [-0.3, -0.25) is 14.5 Å². The molecular weight excluding hydrogens is 511 g/mol. The molecule has 35 heavy (non-hydrogen) atoms. The number of imide groups is 1. The predicted octanol–water partition coefficient (Wildman–Crippen LogP) is 6.10. The standard InChI is InChI=1S/C26H21Cl3N2O4/c1-26(2)12-20(31-22(33)11-21(32)25(31)34)18-10-17(13-3-5-14(27)6-4-13)23(30-24(18)35-26)16-8-7-15(28)9-19(16)29/h3-10,20-21,32H,11-12H2,1-2H3/t20?,21-/m0/s1. The zero-order valence-corrected chi connectivity index (χ0v) is 21.2. The van der Waals surface area contributed by atoms with E-state index in [-0.39, 0.29) is 6.42 Å². The zero-order chi connectivity index (χ0) is 25.1. The van der Waals surface area contributed by atoms with Gasteiger partial charge in [0.05, 0.1) is 23.2 Å². The Morgan fingerprint density at radius 3 is 2.31 bits per heavy atom. The van der Waals surface area contributed by atoms with Crippen LogP contribution in [0.2, 0.25) is 15.1 Å². The van der Waals surface area contributed by atoms with E-state index in [1.165, 1.54) is 0 Å². The van der Waals surface area contributed by atoms with E-state index in [9.17, 15) is 14.7 Å². The lowest BCUT2D eigenvalue weighted by Gasteiger charge is -2.40. The van der Waals surface area contributed by atoms with Crippen molar-refractivity contribution in [1.82, 2.24) is 9.88 Å². The minimum atomic E-state index is -1.34. The van der Waals surface area contributed by atoms with Crippen LogP contribution in [0.15, 0.2) is 48.5 Å². The molecule has 1 aromatic heterocycles. The van der Waals surface area contributed by atoms with Crippen LogP contribution in [0.5, 0.6) is 5.88 Å². The second kappa shape index (κ2) is 8.79. The van der Waals surface area contributed by atoms with Crippen molar-refractivity contribution in [2.45, 2.75) is 44.4 Å². The first-order valence-electron chi connectivity index (χ1n) is 11.0. The van der Waals surface area contributed by atoms with Gasteiger partial charge in [-0.05, 0) is 55.8 Å². The molecule has 1 N–H and O–H groups in total.